The topological polar surface area (TPSA) is 51.1 Å². The van der Waals surface area contributed by atoms with Gasteiger partial charge in [-0.2, -0.15) is 0 Å². The van der Waals surface area contributed by atoms with E-state index in [9.17, 15) is 4.79 Å². The molecule has 0 atom stereocenters. The number of carbonyl (C=O) groups is 1. The molecule has 1 amide bonds. The number of hydrogen-bond acceptors (Lipinski definition) is 5. The summed E-state index contributed by atoms with van der Waals surface area (Å²) in [7, 11) is 4.93. The molecule has 0 unspecified atom stereocenters. The second-order valence-electron chi connectivity index (χ2n) is 5.31. The smallest absolute Gasteiger partial charge is 0.266 e. The Balaban J connectivity index is 1.95. The van der Waals surface area contributed by atoms with Gasteiger partial charge in [0.25, 0.3) is 5.91 Å². The van der Waals surface area contributed by atoms with Crippen LogP contribution in [0.3, 0.4) is 0 Å². The Hall–Kier alpha value is -2.73. The van der Waals surface area contributed by atoms with Crippen LogP contribution in [0.25, 0.3) is 6.08 Å². The second-order valence-corrected chi connectivity index (χ2v) is 6.32. The Morgan fingerprint density at radius 2 is 1.84 bits per heavy atom. The summed E-state index contributed by atoms with van der Waals surface area (Å²) in [6.07, 6.45) is 1.80. The molecule has 0 bridgehead atoms. The predicted octanol–water partition coefficient (Wildman–Crippen LogP) is 3.94. The van der Waals surface area contributed by atoms with Crippen LogP contribution in [0, 0.1) is 0 Å². The van der Waals surface area contributed by atoms with Gasteiger partial charge >= 0.3 is 0 Å². The first-order valence-electron chi connectivity index (χ1n) is 7.65. The Kier molecular flexibility index (Phi) is 5.09. The van der Waals surface area contributed by atoms with Crippen molar-refractivity contribution in [2.45, 2.75) is 0 Å². The van der Waals surface area contributed by atoms with Crippen LogP contribution in [0.2, 0.25) is 0 Å². The zero-order valence-corrected chi connectivity index (χ0v) is 15.0. The number of benzene rings is 2. The van der Waals surface area contributed by atoms with Crippen molar-refractivity contribution in [2.75, 3.05) is 21.3 Å². The van der Waals surface area contributed by atoms with Crippen LogP contribution < -0.4 is 9.47 Å². The quantitative estimate of drug-likeness (QED) is 0.781. The van der Waals surface area contributed by atoms with Crippen molar-refractivity contribution in [2.24, 2.45) is 4.99 Å². The summed E-state index contributed by atoms with van der Waals surface area (Å²) in [6, 6.07) is 15.0. The van der Waals surface area contributed by atoms with Crippen molar-refractivity contribution in [1.29, 1.82) is 0 Å². The van der Waals surface area contributed by atoms with Gasteiger partial charge in [-0.15, -0.1) is 0 Å². The molecule has 1 aliphatic rings. The molecule has 1 saturated heterocycles. The number of thioether (sulfide) groups is 1. The number of para-hydroxylation sites is 1. The van der Waals surface area contributed by atoms with Gasteiger partial charge in [0, 0.05) is 12.6 Å². The largest absolute Gasteiger partial charge is 0.497 e. The molecule has 1 fully saturated rings. The number of ether oxygens (including phenoxy) is 2. The number of methoxy groups -OCH3 is 2. The van der Waals surface area contributed by atoms with Gasteiger partial charge in [-0.25, -0.2) is 4.99 Å². The fraction of sp³-hybridized carbons (Fsp3) is 0.158. The third-order valence-corrected chi connectivity index (χ3v) is 4.77. The van der Waals surface area contributed by atoms with E-state index in [1.165, 1.54) is 11.8 Å². The number of carbonyl (C=O) groups excluding carboxylic acids is 1. The molecule has 2 aromatic rings. The molecule has 0 aliphatic carbocycles. The van der Waals surface area contributed by atoms with Gasteiger partial charge in [0.1, 0.15) is 11.5 Å². The molecular weight excluding hydrogens is 336 g/mol. The van der Waals surface area contributed by atoms with Crippen molar-refractivity contribution in [3.63, 3.8) is 0 Å². The van der Waals surface area contributed by atoms with Gasteiger partial charge in [-0.05, 0) is 48.2 Å². The maximum atomic E-state index is 12.5. The third-order valence-electron chi connectivity index (χ3n) is 3.71. The fourth-order valence-corrected chi connectivity index (χ4v) is 3.34. The molecule has 0 spiro atoms. The first-order chi connectivity index (χ1) is 12.1. The summed E-state index contributed by atoms with van der Waals surface area (Å²) < 4.78 is 10.6. The molecule has 3 rings (SSSR count). The monoisotopic (exact) mass is 354 g/mol. The number of aliphatic imine (C=N–C) groups is 1. The highest BCUT2D eigenvalue weighted by Gasteiger charge is 2.30. The van der Waals surface area contributed by atoms with Gasteiger partial charge in [-0.1, -0.05) is 18.2 Å². The van der Waals surface area contributed by atoms with Crippen molar-refractivity contribution < 1.29 is 14.3 Å². The van der Waals surface area contributed by atoms with Crippen LogP contribution in [0.5, 0.6) is 11.5 Å². The third kappa shape index (κ3) is 3.69. The van der Waals surface area contributed by atoms with Crippen LogP contribution in [0.15, 0.2) is 58.4 Å². The summed E-state index contributed by atoms with van der Waals surface area (Å²) in [5, 5.41) is 0.643. The number of likely N-dealkylation sites (N-methyl/N-ethyl adjacent to an activating group) is 1. The molecule has 1 aliphatic heterocycles. The maximum absolute atomic E-state index is 12.5. The van der Waals surface area contributed by atoms with E-state index in [-0.39, 0.29) is 5.91 Å². The minimum absolute atomic E-state index is 0.0930. The van der Waals surface area contributed by atoms with Gasteiger partial charge in [0.2, 0.25) is 0 Å². The molecule has 0 aromatic heterocycles. The highest BCUT2D eigenvalue weighted by molar-refractivity contribution is 8.18. The molecule has 5 nitrogen and oxygen atoms in total. The lowest BCUT2D eigenvalue weighted by atomic mass is 10.1. The predicted molar refractivity (Wildman–Crippen MR) is 101 cm³/mol. The number of hydrogen-bond donors (Lipinski definition) is 0. The minimum Gasteiger partial charge on any atom is -0.497 e. The van der Waals surface area contributed by atoms with Gasteiger partial charge in [0.05, 0.1) is 24.8 Å². The Bertz CT molecular complexity index is 847. The van der Waals surface area contributed by atoms with Crippen LogP contribution in [-0.2, 0) is 4.79 Å². The maximum Gasteiger partial charge on any atom is 0.266 e. The molecule has 0 saturated carbocycles. The zero-order chi connectivity index (χ0) is 17.8. The summed E-state index contributed by atoms with van der Waals surface area (Å²) in [5.41, 5.74) is 1.59. The molecule has 0 N–H and O–H groups in total. The lowest BCUT2D eigenvalue weighted by Gasteiger charge is -2.08. The molecule has 6 heteroatoms. The Morgan fingerprint density at radius 1 is 1.08 bits per heavy atom. The Morgan fingerprint density at radius 3 is 2.52 bits per heavy atom. The molecular formula is C19H18N2O3S. The normalized spacial score (nSPS) is 17.4. The van der Waals surface area contributed by atoms with Crippen molar-refractivity contribution >= 4 is 34.6 Å². The standard InChI is InChI=1S/C19H18N2O3S/c1-21-18(22)17(25-19(21)20-14-7-5-4-6-8-14)12-13-11-15(23-2)9-10-16(13)24-3/h4-12H,1-3H3. The number of nitrogens with zero attached hydrogens (tertiary/aromatic N) is 2. The van der Waals surface area contributed by atoms with Crippen molar-refractivity contribution in [3.8, 4) is 11.5 Å². The van der Waals surface area contributed by atoms with E-state index in [1.54, 1.807) is 32.2 Å². The highest BCUT2D eigenvalue weighted by atomic mass is 32.2. The van der Waals surface area contributed by atoms with Crippen LogP contribution in [-0.4, -0.2) is 37.2 Å². The van der Waals surface area contributed by atoms with E-state index in [0.717, 1.165) is 11.3 Å². The van der Waals surface area contributed by atoms with Gasteiger partial charge < -0.3 is 9.47 Å². The Labute approximate surface area is 151 Å². The van der Waals surface area contributed by atoms with Crippen LogP contribution >= 0.6 is 11.8 Å². The highest BCUT2D eigenvalue weighted by Crippen LogP contribution is 2.35. The first kappa shape index (κ1) is 17.1. The minimum atomic E-state index is -0.0930. The second kappa shape index (κ2) is 7.44. The molecule has 1 heterocycles. The SMILES string of the molecule is COc1ccc(OC)c(C=C2SC(=Nc3ccccc3)N(C)C2=O)c1. The van der Waals surface area contributed by atoms with E-state index >= 15 is 0 Å². The van der Waals surface area contributed by atoms with Crippen molar-refractivity contribution in [3.05, 3.63) is 59.0 Å². The summed E-state index contributed by atoms with van der Waals surface area (Å²) >= 11 is 1.34. The molecule has 0 radical (unpaired) electrons. The van der Waals surface area contributed by atoms with Gasteiger partial charge in [0.15, 0.2) is 5.17 Å². The van der Waals surface area contributed by atoms with E-state index < -0.39 is 0 Å². The summed E-state index contributed by atoms with van der Waals surface area (Å²) in [4.78, 5) is 19.2. The number of amides is 1. The molecule has 128 valence electrons. The lowest BCUT2D eigenvalue weighted by molar-refractivity contribution is -0.121. The fourth-order valence-electron chi connectivity index (χ4n) is 2.36. The van der Waals surface area contributed by atoms with Crippen molar-refractivity contribution in [1.82, 2.24) is 4.90 Å². The molecule has 2 aromatic carbocycles. The van der Waals surface area contributed by atoms with Crippen LogP contribution in [0.1, 0.15) is 5.56 Å². The van der Waals surface area contributed by atoms with Gasteiger partial charge in [-0.3, -0.25) is 9.69 Å². The summed E-state index contributed by atoms with van der Waals surface area (Å²) in [6.45, 7) is 0. The van der Waals surface area contributed by atoms with E-state index in [0.29, 0.717) is 21.6 Å². The lowest BCUT2D eigenvalue weighted by Crippen LogP contribution is -2.23. The van der Waals surface area contributed by atoms with Crippen LogP contribution in [0.4, 0.5) is 5.69 Å². The molecule has 25 heavy (non-hydrogen) atoms. The zero-order valence-electron chi connectivity index (χ0n) is 14.2. The number of rotatable bonds is 4. The first-order valence-corrected chi connectivity index (χ1v) is 8.47. The summed E-state index contributed by atoms with van der Waals surface area (Å²) in [5.74, 6) is 1.29. The van der Waals surface area contributed by atoms with E-state index in [1.807, 2.05) is 48.5 Å². The van der Waals surface area contributed by atoms with E-state index in [4.69, 9.17) is 9.47 Å². The average molecular weight is 354 g/mol. The average Bonchev–Trinajstić information content (AvgIpc) is 2.90. The number of amidine groups is 1. The van der Waals surface area contributed by atoms with E-state index in [2.05, 4.69) is 4.99 Å².